The molecule has 1 unspecified atom stereocenters. The fourth-order valence-corrected chi connectivity index (χ4v) is 1.55. The summed E-state index contributed by atoms with van der Waals surface area (Å²) >= 11 is 0. The van der Waals surface area contributed by atoms with Crippen molar-refractivity contribution < 1.29 is 9.67 Å². The molecule has 10 heavy (non-hydrogen) atoms. The summed E-state index contributed by atoms with van der Waals surface area (Å²) < 4.78 is 10.9. The second-order valence-electron chi connectivity index (χ2n) is 2.07. The minimum Gasteiger partial charge on any atom is -0.507 e. The van der Waals surface area contributed by atoms with Crippen LogP contribution in [0.4, 0.5) is 0 Å². The monoisotopic (exact) mass is 156 g/mol. The summed E-state index contributed by atoms with van der Waals surface area (Å²) in [5.74, 6) is 0.133. The summed E-state index contributed by atoms with van der Waals surface area (Å²) in [5, 5.41) is 9.67. The number of phenolic OH excluding ortho intramolecular Hbond substituents is 1. The second kappa shape index (κ2) is 2.89. The minimum atomic E-state index is -1.74. The zero-order valence-electron chi connectivity index (χ0n) is 5.66. The van der Waals surface area contributed by atoms with Crippen molar-refractivity contribution >= 4 is 13.1 Å². The minimum absolute atomic E-state index is 0.133. The molecule has 0 spiro atoms. The first-order valence-electron chi connectivity index (χ1n) is 3.01. The van der Waals surface area contributed by atoms with Gasteiger partial charge in [-0.1, -0.05) is 12.1 Å². The topological polar surface area (TPSA) is 37.3 Å². The smallest absolute Gasteiger partial charge is 0.126 e. The lowest BCUT2D eigenvalue weighted by atomic mass is 10.3. The Hall–Kier alpha value is -0.750. The average molecular weight is 156 g/mol. The molecule has 3 heteroatoms. The van der Waals surface area contributed by atoms with Crippen LogP contribution in [0.15, 0.2) is 24.3 Å². The molecule has 1 aromatic carbocycles. The van der Waals surface area contributed by atoms with Crippen LogP contribution in [-0.4, -0.2) is 11.8 Å². The zero-order valence-corrected chi connectivity index (χ0v) is 6.66. The van der Waals surface area contributed by atoms with Crippen LogP contribution in [-0.2, 0) is 4.57 Å². The predicted molar refractivity (Wildman–Crippen MR) is 42.7 cm³/mol. The first-order valence-corrected chi connectivity index (χ1v) is 4.91. The van der Waals surface area contributed by atoms with Crippen molar-refractivity contribution in [2.75, 3.05) is 6.66 Å². The van der Waals surface area contributed by atoms with E-state index in [0.717, 1.165) is 0 Å². The Morgan fingerprint density at radius 3 is 2.40 bits per heavy atom. The van der Waals surface area contributed by atoms with Crippen molar-refractivity contribution in [3.8, 4) is 5.75 Å². The van der Waals surface area contributed by atoms with E-state index < -0.39 is 7.80 Å². The predicted octanol–water partition coefficient (Wildman–Crippen LogP) is 1.21. The molecule has 0 saturated heterocycles. The molecule has 0 bridgehead atoms. The van der Waals surface area contributed by atoms with Gasteiger partial charge >= 0.3 is 0 Å². The molecule has 0 saturated carbocycles. The lowest BCUT2D eigenvalue weighted by Crippen LogP contribution is -1.93. The third-order valence-corrected chi connectivity index (χ3v) is 2.46. The Kier molecular flexibility index (Phi) is 2.13. The molecule has 0 radical (unpaired) electrons. The van der Waals surface area contributed by atoms with E-state index in [1.54, 1.807) is 30.9 Å². The first-order chi connectivity index (χ1) is 4.72. The summed E-state index contributed by atoms with van der Waals surface area (Å²) in [6.45, 7) is 1.61. The molecule has 0 fully saturated rings. The van der Waals surface area contributed by atoms with Crippen LogP contribution in [0.1, 0.15) is 0 Å². The van der Waals surface area contributed by atoms with E-state index in [1.165, 1.54) is 0 Å². The summed E-state index contributed by atoms with van der Waals surface area (Å²) in [7, 11) is -1.74. The second-order valence-corrected chi connectivity index (χ2v) is 3.72. The summed E-state index contributed by atoms with van der Waals surface area (Å²) in [4.78, 5) is 0. The maximum atomic E-state index is 10.9. The van der Waals surface area contributed by atoms with Gasteiger partial charge in [-0.2, -0.15) is 0 Å². The Morgan fingerprint density at radius 1 is 1.40 bits per heavy atom. The highest BCUT2D eigenvalue weighted by Gasteiger charge is 2.00. The molecule has 0 amide bonds. The molecule has 1 N–H and O–H groups in total. The van der Waals surface area contributed by atoms with Crippen LogP contribution in [0.3, 0.4) is 0 Å². The Labute approximate surface area is 60.3 Å². The largest absolute Gasteiger partial charge is 0.507 e. The SMILES string of the molecule is C[PH](=O)c1ccccc1O. The molecule has 1 aromatic rings. The van der Waals surface area contributed by atoms with Crippen molar-refractivity contribution in [3.63, 3.8) is 0 Å². The molecule has 54 valence electrons. The van der Waals surface area contributed by atoms with Crippen molar-refractivity contribution in [1.82, 2.24) is 0 Å². The number of phenols is 1. The van der Waals surface area contributed by atoms with E-state index in [2.05, 4.69) is 0 Å². The Bertz CT molecular complexity index is 258. The van der Waals surface area contributed by atoms with Crippen molar-refractivity contribution in [3.05, 3.63) is 24.3 Å². The van der Waals surface area contributed by atoms with Gasteiger partial charge in [-0.15, -0.1) is 0 Å². The standard InChI is InChI=1S/C7H9O2P/c1-10(9)7-5-3-2-4-6(7)8/h2-5,8,10H,1H3. The Balaban J connectivity index is 3.15. The van der Waals surface area contributed by atoms with Crippen LogP contribution in [0.25, 0.3) is 0 Å². The highest BCUT2D eigenvalue weighted by Crippen LogP contribution is 2.19. The summed E-state index contributed by atoms with van der Waals surface area (Å²) in [6.07, 6.45) is 0. The Morgan fingerprint density at radius 2 is 2.00 bits per heavy atom. The van der Waals surface area contributed by atoms with Crippen molar-refractivity contribution in [2.45, 2.75) is 0 Å². The number of hydrogen-bond donors (Lipinski definition) is 1. The van der Waals surface area contributed by atoms with Gasteiger partial charge in [0.2, 0.25) is 0 Å². The first kappa shape index (κ1) is 7.36. The normalized spacial score (nSPS) is 12.9. The lowest BCUT2D eigenvalue weighted by Gasteiger charge is -1.97. The van der Waals surface area contributed by atoms with E-state index in [4.69, 9.17) is 5.11 Å². The number of benzene rings is 1. The summed E-state index contributed by atoms with van der Waals surface area (Å²) in [5.41, 5.74) is 0. The number of aromatic hydroxyl groups is 1. The molecule has 1 rings (SSSR count). The maximum Gasteiger partial charge on any atom is 0.126 e. The molecule has 0 aliphatic rings. The van der Waals surface area contributed by atoms with Gasteiger partial charge in [0, 0.05) is 0 Å². The van der Waals surface area contributed by atoms with Crippen LogP contribution >= 0.6 is 7.80 Å². The number of hydrogen-bond acceptors (Lipinski definition) is 2. The fraction of sp³-hybridized carbons (Fsp3) is 0.143. The molecular weight excluding hydrogens is 147 g/mol. The average Bonchev–Trinajstić information content (AvgIpc) is 1.88. The third-order valence-electron chi connectivity index (χ3n) is 1.28. The molecule has 0 aliphatic heterocycles. The van der Waals surface area contributed by atoms with Gasteiger partial charge in [-0.3, -0.25) is 0 Å². The van der Waals surface area contributed by atoms with E-state index in [1.807, 2.05) is 0 Å². The van der Waals surface area contributed by atoms with Crippen molar-refractivity contribution in [1.29, 1.82) is 0 Å². The fourth-order valence-electron chi connectivity index (χ4n) is 0.771. The number of rotatable bonds is 1. The van der Waals surface area contributed by atoms with Gasteiger partial charge in [0.05, 0.1) is 5.30 Å². The van der Waals surface area contributed by atoms with Gasteiger partial charge in [0.15, 0.2) is 0 Å². The van der Waals surface area contributed by atoms with Gasteiger partial charge in [-0.05, 0) is 18.8 Å². The molecule has 0 heterocycles. The quantitative estimate of drug-likeness (QED) is 0.620. The van der Waals surface area contributed by atoms with Gasteiger partial charge in [-0.25, -0.2) is 0 Å². The van der Waals surface area contributed by atoms with Crippen LogP contribution in [0.5, 0.6) is 5.75 Å². The van der Waals surface area contributed by atoms with Gasteiger partial charge in [0.1, 0.15) is 13.6 Å². The van der Waals surface area contributed by atoms with E-state index in [-0.39, 0.29) is 5.75 Å². The highest BCUT2D eigenvalue weighted by atomic mass is 31.1. The van der Waals surface area contributed by atoms with Crippen molar-refractivity contribution in [2.24, 2.45) is 0 Å². The molecule has 0 aliphatic carbocycles. The highest BCUT2D eigenvalue weighted by molar-refractivity contribution is 7.52. The molecule has 0 aromatic heterocycles. The van der Waals surface area contributed by atoms with Gasteiger partial charge < -0.3 is 9.67 Å². The maximum absolute atomic E-state index is 10.9. The third kappa shape index (κ3) is 1.39. The van der Waals surface area contributed by atoms with Crippen LogP contribution < -0.4 is 5.30 Å². The molecular formula is C7H9O2P. The molecule has 1 atom stereocenters. The zero-order chi connectivity index (χ0) is 7.56. The number of para-hydroxylation sites is 1. The van der Waals surface area contributed by atoms with Crippen LogP contribution in [0.2, 0.25) is 0 Å². The van der Waals surface area contributed by atoms with E-state index in [9.17, 15) is 4.57 Å². The summed E-state index contributed by atoms with van der Waals surface area (Å²) in [6, 6.07) is 6.70. The lowest BCUT2D eigenvalue weighted by molar-refractivity contribution is 0.479. The van der Waals surface area contributed by atoms with E-state index >= 15 is 0 Å². The van der Waals surface area contributed by atoms with Gasteiger partial charge in [0.25, 0.3) is 0 Å². The van der Waals surface area contributed by atoms with Crippen LogP contribution in [0, 0.1) is 0 Å². The molecule has 2 nitrogen and oxygen atoms in total. The van der Waals surface area contributed by atoms with E-state index in [0.29, 0.717) is 5.30 Å².